The van der Waals surface area contributed by atoms with Gasteiger partial charge in [-0.2, -0.15) is 0 Å². The first-order chi connectivity index (χ1) is 9.00. The van der Waals surface area contributed by atoms with E-state index in [9.17, 15) is 4.79 Å². The van der Waals surface area contributed by atoms with E-state index in [1.54, 1.807) is 0 Å². The van der Waals surface area contributed by atoms with Gasteiger partial charge in [0.2, 0.25) is 5.91 Å². The number of amides is 1. The van der Waals surface area contributed by atoms with Gasteiger partial charge in [-0.05, 0) is 45.4 Å². The topological polar surface area (TPSA) is 50.4 Å². The van der Waals surface area contributed by atoms with Crippen LogP contribution >= 0.6 is 0 Å². The van der Waals surface area contributed by atoms with Crippen LogP contribution < -0.4 is 10.6 Å². The molecule has 1 amide bonds. The van der Waals surface area contributed by atoms with Gasteiger partial charge in [0.1, 0.15) is 0 Å². The third-order valence-electron chi connectivity index (χ3n) is 4.12. The zero-order chi connectivity index (χ0) is 14.3. The van der Waals surface area contributed by atoms with Crippen LogP contribution in [0.5, 0.6) is 0 Å². The fraction of sp³-hybridized carbons (Fsp3) is 0.933. The molecule has 0 saturated heterocycles. The molecule has 1 aliphatic carbocycles. The van der Waals surface area contributed by atoms with E-state index in [0.29, 0.717) is 19.2 Å². The van der Waals surface area contributed by atoms with Gasteiger partial charge in [0.15, 0.2) is 0 Å². The van der Waals surface area contributed by atoms with E-state index in [4.69, 9.17) is 4.74 Å². The third-order valence-corrected chi connectivity index (χ3v) is 4.12. The Balaban J connectivity index is 2.20. The Morgan fingerprint density at radius 3 is 2.68 bits per heavy atom. The number of carbonyl (C=O) groups excluding carboxylic acids is 1. The largest absolute Gasteiger partial charge is 0.364 e. The first kappa shape index (κ1) is 16.4. The summed E-state index contributed by atoms with van der Waals surface area (Å²) in [5.41, 5.74) is -0.103. The van der Waals surface area contributed by atoms with E-state index in [1.165, 1.54) is 6.42 Å². The molecular formula is C15H30N2O2. The lowest BCUT2D eigenvalue weighted by Gasteiger charge is -2.26. The minimum atomic E-state index is -0.103. The molecule has 0 heterocycles. The van der Waals surface area contributed by atoms with E-state index in [1.807, 2.05) is 13.8 Å². The summed E-state index contributed by atoms with van der Waals surface area (Å²) in [5, 5.41) is 6.23. The van der Waals surface area contributed by atoms with Crippen LogP contribution in [0.1, 0.15) is 53.4 Å². The molecule has 1 fully saturated rings. The highest BCUT2D eigenvalue weighted by atomic mass is 16.5. The fourth-order valence-corrected chi connectivity index (χ4v) is 2.83. The maximum Gasteiger partial charge on any atom is 0.226 e. The van der Waals surface area contributed by atoms with Gasteiger partial charge >= 0.3 is 0 Å². The number of nitrogens with one attached hydrogen (secondary N) is 2. The van der Waals surface area contributed by atoms with Gasteiger partial charge < -0.3 is 10.1 Å². The molecular weight excluding hydrogens is 240 g/mol. The molecule has 2 N–H and O–H groups in total. The lowest BCUT2D eigenvalue weighted by molar-refractivity contribution is -0.131. The molecule has 2 atom stereocenters. The standard InChI is InChI=1S/C15H30N2O2/c1-5-15(7-6-13(4)10-15)14(18)17-9-8-16-11-19-12(2)3/h12-13,16H,5-11H2,1-4H3,(H,17,18)/t13-,15?/m0/s1. The Bertz CT molecular complexity index is 281. The average molecular weight is 270 g/mol. The van der Waals surface area contributed by atoms with Crippen molar-refractivity contribution in [1.29, 1.82) is 0 Å². The second kappa shape index (κ2) is 7.85. The van der Waals surface area contributed by atoms with Crippen molar-refractivity contribution in [3.8, 4) is 0 Å². The molecule has 0 aliphatic heterocycles. The van der Waals surface area contributed by atoms with Crippen LogP contribution in [0, 0.1) is 11.3 Å². The molecule has 4 heteroatoms. The van der Waals surface area contributed by atoms with Crippen molar-refractivity contribution in [2.24, 2.45) is 11.3 Å². The van der Waals surface area contributed by atoms with E-state index in [-0.39, 0.29) is 17.4 Å². The third kappa shape index (κ3) is 5.11. The SMILES string of the molecule is CCC1(C(=O)NCCNCOC(C)C)CC[C@H](C)C1. The first-order valence-corrected chi connectivity index (χ1v) is 7.61. The van der Waals surface area contributed by atoms with Gasteiger partial charge in [0, 0.05) is 18.5 Å². The van der Waals surface area contributed by atoms with Crippen LogP contribution in [-0.2, 0) is 9.53 Å². The quantitative estimate of drug-likeness (QED) is 0.525. The molecule has 1 aliphatic rings. The number of ether oxygens (including phenoxy) is 1. The van der Waals surface area contributed by atoms with Crippen molar-refractivity contribution in [2.75, 3.05) is 19.8 Å². The van der Waals surface area contributed by atoms with Crippen molar-refractivity contribution < 1.29 is 9.53 Å². The highest BCUT2D eigenvalue weighted by molar-refractivity contribution is 5.82. The molecule has 112 valence electrons. The molecule has 0 radical (unpaired) electrons. The minimum absolute atomic E-state index is 0.103. The van der Waals surface area contributed by atoms with E-state index < -0.39 is 0 Å². The zero-order valence-corrected chi connectivity index (χ0v) is 12.9. The van der Waals surface area contributed by atoms with Crippen LogP contribution in [-0.4, -0.2) is 31.8 Å². The monoisotopic (exact) mass is 270 g/mol. The molecule has 19 heavy (non-hydrogen) atoms. The van der Waals surface area contributed by atoms with Gasteiger partial charge in [-0.1, -0.05) is 13.8 Å². The Hall–Kier alpha value is -0.610. The van der Waals surface area contributed by atoms with Crippen LogP contribution in [0.4, 0.5) is 0 Å². The van der Waals surface area contributed by atoms with Crippen LogP contribution in [0.2, 0.25) is 0 Å². The van der Waals surface area contributed by atoms with Crippen LogP contribution in [0.15, 0.2) is 0 Å². The summed E-state index contributed by atoms with van der Waals surface area (Å²) >= 11 is 0. The van der Waals surface area contributed by atoms with Crippen LogP contribution in [0.3, 0.4) is 0 Å². The highest BCUT2D eigenvalue weighted by Gasteiger charge is 2.41. The molecule has 0 aromatic rings. The number of rotatable bonds is 8. The van der Waals surface area contributed by atoms with Crippen molar-refractivity contribution >= 4 is 5.91 Å². The molecule has 1 rings (SSSR count). The van der Waals surface area contributed by atoms with Crippen molar-refractivity contribution in [3.05, 3.63) is 0 Å². The van der Waals surface area contributed by atoms with E-state index in [0.717, 1.165) is 25.8 Å². The second-order valence-corrected chi connectivity index (χ2v) is 6.10. The van der Waals surface area contributed by atoms with Gasteiger partial charge in [-0.15, -0.1) is 0 Å². The molecule has 1 unspecified atom stereocenters. The molecule has 0 bridgehead atoms. The summed E-state index contributed by atoms with van der Waals surface area (Å²) < 4.78 is 5.38. The predicted molar refractivity (Wildman–Crippen MR) is 77.8 cm³/mol. The maximum absolute atomic E-state index is 12.3. The summed E-state index contributed by atoms with van der Waals surface area (Å²) in [7, 11) is 0. The number of carbonyl (C=O) groups is 1. The Labute approximate surface area is 117 Å². The van der Waals surface area contributed by atoms with Crippen molar-refractivity contribution in [3.63, 3.8) is 0 Å². The highest BCUT2D eigenvalue weighted by Crippen LogP contribution is 2.44. The molecule has 1 saturated carbocycles. The van der Waals surface area contributed by atoms with Gasteiger partial charge in [0.05, 0.1) is 12.8 Å². The zero-order valence-electron chi connectivity index (χ0n) is 12.9. The van der Waals surface area contributed by atoms with Gasteiger partial charge in [-0.3, -0.25) is 10.1 Å². The van der Waals surface area contributed by atoms with Crippen molar-refractivity contribution in [1.82, 2.24) is 10.6 Å². The molecule has 0 aromatic carbocycles. The van der Waals surface area contributed by atoms with Crippen LogP contribution in [0.25, 0.3) is 0 Å². The normalized spacial score (nSPS) is 26.9. The number of hydrogen-bond donors (Lipinski definition) is 2. The summed E-state index contributed by atoms with van der Waals surface area (Å²) in [6.45, 7) is 10.4. The maximum atomic E-state index is 12.3. The Morgan fingerprint density at radius 2 is 2.16 bits per heavy atom. The van der Waals surface area contributed by atoms with Gasteiger partial charge in [-0.25, -0.2) is 0 Å². The number of hydrogen-bond acceptors (Lipinski definition) is 3. The second-order valence-electron chi connectivity index (χ2n) is 6.10. The predicted octanol–water partition coefficient (Wildman–Crippen LogP) is 2.29. The average Bonchev–Trinajstić information content (AvgIpc) is 2.76. The first-order valence-electron chi connectivity index (χ1n) is 7.61. The summed E-state index contributed by atoms with van der Waals surface area (Å²) in [6, 6.07) is 0. The van der Waals surface area contributed by atoms with E-state index >= 15 is 0 Å². The molecule has 0 aromatic heterocycles. The lowest BCUT2D eigenvalue weighted by atomic mass is 9.81. The summed E-state index contributed by atoms with van der Waals surface area (Å²) in [5.74, 6) is 0.925. The smallest absolute Gasteiger partial charge is 0.226 e. The molecule has 0 spiro atoms. The summed E-state index contributed by atoms with van der Waals surface area (Å²) in [6.07, 6.45) is 4.46. The Kier molecular flexibility index (Phi) is 6.80. The van der Waals surface area contributed by atoms with Gasteiger partial charge in [0.25, 0.3) is 0 Å². The lowest BCUT2D eigenvalue weighted by Crippen LogP contribution is -2.42. The molecule has 4 nitrogen and oxygen atoms in total. The summed E-state index contributed by atoms with van der Waals surface area (Å²) in [4.78, 5) is 12.3. The fourth-order valence-electron chi connectivity index (χ4n) is 2.83. The van der Waals surface area contributed by atoms with Crippen molar-refractivity contribution in [2.45, 2.75) is 59.5 Å². The Morgan fingerprint density at radius 1 is 1.42 bits per heavy atom. The van der Waals surface area contributed by atoms with E-state index in [2.05, 4.69) is 24.5 Å². The minimum Gasteiger partial charge on any atom is -0.364 e.